The van der Waals surface area contributed by atoms with Crippen molar-refractivity contribution in [3.8, 4) is 0 Å². The average molecular weight is 237 g/mol. The van der Waals surface area contributed by atoms with Crippen LogP contribution in [-0.2, 0) is 13.3 Å². The van der Waals surface area contributed by atoms with Crippen LogP contribution < -0.4 is 16.8 Å². The Bertz CT molecular complexity index is 174. The zero-order valence-electron chi connectivity index (χ0n) is 10.2. The molecule has 0 aromatic heterocycles. The third kappa shape index (κ3) is 4.15. The summed E-state index contributed by atoms with van der Waals surface area (Å²) < 4.78 is 16.1. The molecule has 0 fully saturated rings. The SMILES string of the molecule is CCC(NC(C)(N)N)[Si](OC)(OC)OC. The van der Waals surface area contributed by atoms with Crippen molar-refractivity contribution in [3.05, 3.63) is 0 Å². The fourth-order valence-electron chi connectivity index (χ4n) is 1.49. The third-order valence-corrected chi connectivity index (χ3v) is 5.29. The predicted octanol–water partition coefficient (Wildman–Crippen LogP) is -0.637. The van der Waals surface area contributed by atoms with Gasteiger partial charge in [0.05, 0.1) is 5.67 Å². The van der Waals surface area contributed by atoms with Gasteiger partial charge in [-0.2, -0.15) is 0 Å². The van der Waals surface area contributed by atoms with Gasteiger partial charge >= 0.3 is 8.80 Å². The minimum atomic E-state index is -2.73. The molecule has 5 N–H and O–H groups in total. The summed E-state index contributed by atoms with van der Waals surface area (Å²) in [5.74, 6) is -0.978. The highest BCUT2D eigenvalue weighted by Crippen LogP contribution is 2.15. The van der Waals surface area contributed by atoms with E-state index >= 15 is 0 Å². The van der Waals surface area contributed by atoms with Crippen LogP contribution in [0.4, 0.5) is 0 Å². The van der Waals surface area contributed by atoms with Gasteiger partial charge in [-0.25, -0.2) is 0 Å². The molecule has 0 heterocycles. The molecule has 15 heavy (non-hydrogen) atoms. The first-order valence-corrected chi connectivity index (χ1v) is 6.66. The Morgan fingerprint density at radius 3 is 1.80 bits per heavy atom. The first kappa shape index (κ1) is 15.0. The second-order valence-electron chi connectivity index (χ2n) is 3.60. The summed E-state index contributed by atoms with van der Waals surface area (Å²) in [5.41, 5.74) is 11.3. The van der Waals surface area contributed by atoms with Gasteiger partial charge < -0.3 is 24.7 Å². The molecule has 1 atom stereocenters. The van der Waals surface area contributed by atoms with Gasteiger partial charge in [0.15, 0.2) is 0 Å². The van der Waals surface area contributed by atoms with E-state index in [1.165, 1.54) is 0 Å². The van der Waals surface area contributed by atoms with Crippen molar-refractivity contribution in [1.82, 2.24) is 5.32 Å². The molecule has 0 rings (SSSR count). The predicted molar refractivity (Wildman–Crippen MR) is 60.8 cm³/mol. The molecule has 0 saturated heterocycles. The Morgan fingerprint density at radius 2 is 1.60 bits per heavy atom. The van der Waals surface area contributed by atoms with Crippen LogP contribution in [-0.4, -0.2) is 41.6 Å². The highest BCUT2D eigenvalue weighted by molar-refractivity contribution is 6.62. The molecule has 7 heteroatoms. The van der Waals surface area contributed by atoms with Crippen molar-refractivity contribution in [1.29, 1.82) is 0 Å². The molecule has 0 aliphatic carbocycles. The van der Waals surface area contributed by atoms with Crippen LogP contribution in [0.15, 0.2) is 0 Å². The van der Waals surface area contributed by atoms with Crippen LogP contribution in [0.1, 0.15) is 20.3 Å². The number of nitrogens with two attached hydrogens (primary N) is 2. The molecule has 0 amide bonds. The van der Waals surface area contributed by atoms with E-state index in [1.54, 1.807) is 28.3 Å². The summed E-state index contributed by atoms with van der Waals surface area (Å²) in [4.78, 5) is 0. The minimum Gasteiger partial charge on any atom is -0.376 e. The number of rotatable bonds is 7. The van der Waals surface area contributed by atoms with Crippen molar-refractivity contribution in [2.45, 2.75) is 31.7 Å². The van der Waals surface area contributed by atoms with Crippen molar-refractivity contribution in [3.63, 3.8) is 0 Å². The minimum absolute atomic E-state index is 0.127. The van der Waals surface area contributed by atoms with E-state index in [1.807, 2.05) is 6.92 Å². The maximum atomic E-state index is 5.69. The Kier molecular flexibility index (Phi) is 5.89. The molecule has 0 spiro atoms. The van der Waals surface area contributed by atoms with Gasteiger partial charge in [0, 0.05) is 21.3 Å². The van der Waals surface area contributed by atoms with Gasteiger partial charge in [0.25, 0.3) is 0 Å². The highest BCUT2D eigenvalue weighted by atomic mass is 28.4. The molecule has 92 valence electrons. The van der Waals surface area contributed by atoms with Crippen LogP contribution in [0.5, 0.6) is 0 Å². The summed E-state index contributed by atoms with van der Waals surface area (Å²) in [5, 5.41) is 3.04. The first-order chi connectivity index (χ1) is 6.85. The van der Waals surface area contributed by atoms with Crippen LogP contribution in [0, 0.1) is 0 Å². The summed E-state index contributed by atoms with van der Waals surface area (Å²) in [7, 11) is 1.96. The van der Waals surface area contributed by atoms with Gasteiger partial charge in [-0.15, -0.1) is 0 Å². The van der Waals surface area contributed by atoms with E-state index in [9.17, 15) is 0 Å². The molecule has 0 saturated carbocycles. The lowest BCUT2D eigenvalue weighted by Crippen LogP contribution is -2.70. The summed E-state index contributed by atoms with van der Waals surface area (Å²) >= 11 is 0. The van der Waals surface area contributed by atoms with Crippen LogP contribution >= 0.6 is 0 Å². The van der Waals surface area contributed by atoms with Crippen LogP contribution in [0.3, 0.4) is 0 Å². The first-order valence-electron chi connectivity index (χ1n) is 4.86. The quantitative estimate of drug-likeness (QED) is 0.403. The summed E-state index contributed by atoms with van der Waals surface area (Å²) in [6.07, 6.45) is 0.756. The number of nitrogens with one attached hydrogen (secondary N) is 1. The highest BCUT2D eigenvalue weighted by Gasteiger charge is 2.47. The molecule has 0 aromatic carbocycles. The molecule has 0 aliphatic heterocycles. The van der Waals surface area contributed by atoms with Crippen molar-refractivity contribution < 1.29 is 13.3 Å². The van der Waals surface area contributed by atoms with Gasteiger partial charge in [-0.05, 0) is 13.3 Å². The monoisotopic (exact) mass is 237 g/mol. The molecular weight excluding hydrogens is 214 g/mol. The van der Waals surface area contributed by atoms with Crippen LogP contribution in [0.2, 0.25) is 0 Å². The topological polar surface area (TPSA) is 91.8 Å². The van der Waals surface area contributed by atoms with E-state index in [-0.39, 0.29) is 5.67 Å². The van der Waals surface area contributed by atoms with Gasteiger partial charge in [-0.3, -0.25) is 5.32 Å². The summed E-state index contributed by atoms with van der Waals surface area (Å²) in [6, 6.07) is 0. The van der Waals surface area contributed by atoms with Crippen LogP contribution in [0.25, 0.3) is 0 Å². The van der Waals surface area contributed by atoms with Crippen molar-refractivity contribution in [2.75, 3.05) is 21.3 Å². The van der Waals surface area contributed by atoms with E-state index in [4.69, 9.17) is 24.7 Å². The Balaban J connectivity index is 4.74. The Hall–Kier alpha value is -0.0231. The number of hydrogen-bond donors (Lipinski definition) is 3. The molecular formula is C8H23N3O3Si. The maximum absolute atomic E-state index is 5.69. The second-order valence-corrected chi connectivity index (χ2v) is 6.73. The van der Waals surface area contributed by atoms with Gasteiger partial charge in [-0.1, -0.05) is 6.92 Å². The molecule has 0 aromatic rings. The lowest BCUT2D eigenvalue weighted by Gasteiger charge is -2.36. The number of hydrogen-bond acceptors (Lipinski definition) is 6. The van der Waals surface area contributed by atoms with E-state index < -0.39 is 14.6 Å². The second kappa shape index (κ2) is 5.90. The normalized spacial score (nSPS) is 15.4. The third-order valence-electron chi connectivity index (χ3n) is 2.17. The molecule has 6 nitrogen and oxygen atoms in total. The lowest BCUT2D eigenvalue weighted by atomic mass is 10.4. The molecule has 0 radical (unpaired) electrons. The largest absolute Gasteiger partial charge is 0.518 e. The zero-order chi connectivity index (χ0) is 12.1. The fourth-order valence-corrected chi connectivity index (χ4v) is 3.83. The molecule has 1 unspecified atom stereocenters. The smallest absolute Gasteiger partial charge is 0.376 e. The summed E-state index contributed by atoms with van der Waals surface area (Å²) in [6.45, 7) is 3.66. The van der Waals surface area contributed by atoms with Crippen molar-refractivity contribution in [2.24, 2.45) is 11.5 Å². The van der Waals surface area contributed by atoms with Gasteiger partial charge in [0.1, 0.15) is 5.79 Å². The average Bonchev–Trinajstić information content (AvgIpc) is 2.17. The maximum Gasteiger partial charge on any atom is 0.518 e. The van der Waals surface area contributed by atoms with Gasteiger partial charge in [0.2, 0.25) is 0 Å². The van der Waals surface area contributed by atoms with E-state index in [2.05, 4.69) is 5.32 Å². The van der Waals surface area contributed by atoms with E-state index in [0.29, 0.717) is 0 Å². The molecule has 0 bridgehead atoms. The van der Waals surface area contributed by atoms with E-state index in [0.717, 1.165) is 6.42 Å². The standard InChI is InChI=1S/C8H23N3O3Si/c1-6-7(11-8(2,9)10)15(12-3,13-4)14-5/h7,11H,6,9-10H2,1-5H3. The fraction of sp³-hybridized carbons (Fsp3) is 1.00. The van der Waals surface area contributed by atoms with Crippen molar-refractivity contribution >= 4 is 8.80 Å². The Labute approximate surface area is 92.6 Å². The lowest BCUT2D eigenvalue weighted by molar-refractivity contribution is 0.0996. The Morgan fingerprint density at radius 1 is 1.20 bits per heavy atom. The molecule has 0 aliphatic rings. The zero-order valence-corrected chi connectivity index (χ0v) is 11.2.